The van der Waals surface area contributed by atoms with E-state index in [1.165, 1.54) is 17.8 Å². The number of hydrogen-bond acceptors (Lipinski definition) is 5. The van der Waals surface area contributed by atoms with Crippen LogP contribution < -0.4 is 4.74 Å². The molecule has 0 aliphatic carbocycles. The number of halogens is 2. The van der Waals surface area contributed by atoms with E-state index in [-0.39, 0.29) is 5.75 Å². The van der Waals surface area contributed by atoms with Gasteiger partial charge in [-0.05, 0) is 36.8 Å². The van der Waals surface area contributed by atoms with E-state index in [0.29, 0.717) is 11.1 Å². The van der Waals surface area contributed by atoms with Crippen molar-refractivity contribution in [1.82, 2.24) is 10.2 Å². The van der Waals surface area contributed by atoms with Crippen molar-refractivity contribution in [3.05, 3.63) is 70.3 Å². The second kappa shape index (κ2) is 7.81. The van der Waals surface area contributed by atoms with E-state index in [1.54, 1.807) is 25.1 Å². The van der Waals surface area contributed by atoms with Crippen LogP contribution in [0, 0.1) is 5.82 Å². The van der Waals surface area contributed by atoms with Crippen molar-refractivity contribution in [2.45, 2.75) is 24.0 Å². The molecular weight excluding hydrogens is 395 g/mol. The molecule has 3 aromatic rings. The van der Waals surface area contributed by atoms with E-state index in [1.807, 2.05) is 24.3 Å². The molecule has 124 valence electrons. The van der Waals surface area contributed by atoms with E-state index in [0.717, 1.165) is 15.8 Å². The third kappa shape index (κ3) is 4.36. The van der Waals surface area contributed by atoms with Crippen LogP contribution in [0.3, 0.4) is 0 Å². The SMILES string of the molecule is C[C@H](Oc1ccccc1F)c1nnc(SCc2ccc(Br)cc2)o1. The zero-order chi connectivity index (χ0) is 16.9. The number of benzene rings is 2. The zero-order valence-corrected chi connectivity index (χ0v) is 15.2. The maximum absolute atomic E-state index is 13.6. The first-order chi connectivity index (χ1) is 11.6. The van der Waals surface area contributed by atoms with E-state index >= 15 is 0 Å². The number of hydrogen-bond donors (Lipinski definition) is 0. The van der Waals surface area contributed by atoms with Gasteiger partial charge in [-0.1, -0.05) is 52.0 Å². The summed E-state index contributed by atoms with van der Waals surface area (Å²) in [6, 6.07) is 14.2. The molecule has 0 N–H and O–H groups in total. The van der Waals surface area contributed by atoms with Crippen LogP contribution in [0.2, 0.25) is 0 Å². The Labute approximate surface area is 151 Å². The molecule has 1 atom stereocenters. The molecule has 2 aromatic carbocycles. The summed E-state index contributed by atoms with van der Waals surface area (Å²) in [5.41, 5.74) is 1.15. The van der Waals surface area contributed by atoms with Gasteiger partial charge in [0, 0.05) is 10.2 Å². The fraction of sp³-hybridized carbons (Fsp3) is 0.176. The first-order valence-electron chi connectivity index (χ1n) is 7.23. The predicted molar refractivity (Wildman–Crippen MR) is 93.4 cm³/mol. The summed E-state index contributed by atoms with van der Waals surface area (Å²) in [4.78, 5) is 0. The van der Waals surface area contributed by atoms with Crippen LogP contribution in [0.25, 0.3) is 0 Å². The quantitative estimate of drug-likeness (QED) is 0.510. The minimum absolute atomic E-state index is 0.160. The van der Waals surface area contributed by atoms with Gasteiger partial charge in [0.25, 0.3) is 11.1 Å². The van der Waals surface area contributed by atoms with Crippen LogP contribution in [0.1, 0.15) is 24.5 Å². The average molecular weight is 409 g/mol. The summed E-state index contributed by atoms with van der Waals surface area (Å²) in [6.45, 7) is 1.74. The number of nitrogens with zero attached hydrogens (tertiary/aromatic N) is 2. The summed E-state index contributed by atoms with van der Waals surface area (Å²) in [6.07, 6.45) is -0.531. The molecule has 4 nitrogen and oxygen atoms in total. The van der Waals surface area contributed by atoms with Crippen LogP contribution in [0.5, 0.6) is 5.75 Å². The molecular formula is C17H14BrFN2O2S. The van der Waals surface area contributed by atoms with Crippen molar-refractivity contribution in [2.75, 3.05) is 0 Å². The number of aromatic nitrogens is 2. The summed E-state index contributed by atoms with van der Waals surface area (Å²) < 4.78 is 25.8. The molecule has 0 amide bonds. The Balaban J connectivity index is 1.60. The molecule has 24 heavy (non-hydrogen) atoms. The molecule has 0 aliphatic rings. The van der Waals surface area contributed by atoms with Gasteiger partial charge in [0.1, 0.15) is 0 Å². The minimum Gasteiger partial charge on any atom is -0.478 e. The first-order valence-corrected chi connectivity index (χ1v) is 9.01. The van der Waals surface area contributed by atoms with Gasteiger partial charge in [-0.3, -0.25) is 0 Å². The topological polar surface area (TPSA) is 48.2 Å². The molecule has 0 fully saturated rings. The van der Waals surface area contributed by atoms with Gasteiger partial charge >= 0.3 is 0 Å². The molecule has 1 heterocycles. The van der Waals surface area contributed by atoms with Gasteiger partial charge in [-0.25, -0.2) is 4.39 Å². The fourth-order valence-corrected chi connectivity index (χ4v) is 2.94. The lowest BCUT2D eigenvalue weighted by Gasteiger charge is -2.11. The highest BCUT2D eigenvalue weighted by molar-refractivity contribution is 9.10. The summed E-state index contributed by atoms with van der Waals surface area (Å²) >= 11 is 4.85. The molecule has 0 bridgehead atoms. The highest BCUT2D eigenvalue weighted by Crippen LogP contribution is 2.27. The van der Waals surface area contributed by atoms with Crippen molar-refractivity contribution < 1.29 is 13.5 Å². The predicted octanol–water partition coefficient (Wildman–Crippen LogP) is 5.40. The monoisotopic (exact) mass is 408 g/mol. The van der Waals surface area contributed by atoms with Crippen LogP contribution in [0.15, 0.2) is 62.6 Å². The van der Waals surface area contributed by atoms with Gasteiger partial charge < -0.3 is 9.15 Å². The summed E-state index contributed by atoms with van der Waals surface area (Å²) in [5, 5.41) is 8.43. The van der Waals surface area contributed by atoms with Crippen LogP contribution in [-0.4, -0.2) is 10.2 Å². The Kier molecular flexibility index (Phi) is 5.52. The molecule has 1 aromatic heterocycles. The number of ether oxygens (including phenoxy) is 1. The van der Waals surface area contributed by atoms with Crippen molar-refractivity contribution in [2.24, 2.45) is 0 Å². The Morgan fingerprint density at radius 2 is 1.92 bits per heavy atom. The maximum Gasteiger partial charge on any atom is 0.277 e. The summed E-state index contributed by atoms with van der Waals surface area (Å²) in [5.74, 6) is 0.773. The van der Waals surface area contributed by atoms with E-state index < -0.39 is 11.9 Å². The number of thioether (sulfide) groups is 1. The molecule has 0 radical (unpaired) electrons. The third-order valence-electron chi connectivity index (χ3n) is 3.19. The minimum atomic E-state index is -0.531. The fourth-order valence-electron chi connectivity index (χ4n) is 1.95. The molecule has 7 heteroatoms. The third-order valence-corrected chi connectivity index (χ3v) is 4.60. The van der Waals surface area contributed by atoms with Crippen molar-refractivity contribution in [3.63, 3.8) is 0 Å². The van der Waals surface area contributed by atoms with Crippen molar-refractivity contribution in [1.29, 1.82) is 0 Å². The van der Waals surface area contributed by atoms with Crippen LogP contribution in [-0.2, 0) is 5.75 Å². The van der Waals surface area contributed by atoms with Crippen LogP contribution >= 0.6 is 27.7 Å². The molecule has 0 spiro atoms. The van der Waals surface area contributed by atoms with Crippen LogP contribution in [0.4, 0.5) is 4.39 Å². The van der Waals surface area contributed by atoms with Gasteiger partial charge in [0.2, 0.25) is 0 Å². The molecule has 0 unspecified atom stereocenters. The normalized spacial score (nSPS) is 12.1. The second-order valence-electron chi connectivity index (χ2n) is 5.01. The lowest BCUT2D eigenvalue weighted by atomic mass is 10.2. The first kappa shape index (κ1) is 17.0. The van der Waals surface area contributed by atoms with Crippen molar-refractivity contribution in [3.8, 4) is 5.75 Å². The van der Waals surface area contributed by atoms with Gasteiger partial charge in [-0.2, -0.15) is 0 Å². The molecule has 3 rings (SSSR count). The average Bonchev–Trinajstić information content (AvgIpc) is 3.06. The highest BCUT2D eigenvalue weighted by Gasteiger charge is 2.17. The maximum atomic E-state index is 13.6. The Bertz CT molecular complexity index is 810. The molecule has 0 aliphatic heterocycles. The Hall–Kier alpha value is -1.86. The lowest BCUT2D eigenvalue weighted by Crippen LogP contribution is -2.04. The Morgan fingerprint density at radius 3 is 2.67 bits per heavy atom. The standard InChI is InChI=1S/C17H14BrFN2O2S/c1-11(22-15-5-3-2-4-14(15)19)16-20-21-17(23-16)24-10-12-6-8-13(18)9-7-12/h2-9,11H,10H2,1H3/t11-/m0/s1. The van der Waals surface area contributed by atoms with Gasteiger partial charge in [0.05, 0.1) is 0 Å². The van der Waals surface area contributed by atoms with E-state index in [4.69, 9.17) is 9.15 Å². The van der Waals surface area contributed by atoms with Gasteiger partial charge in [-0.15, -0.1) is 10.2 Å². The Morgan fingerprint density at radius 1 is 1.17 bits per heavy atom. The number of para-hydroxylation sites is 1. The smallest absolute Gasteiger partial charge is 0.277 e. The lowest BCUT2D eigenvalue weighted by molar-refractivity contribution is 0.174. The molecule has 0 saturated carbocycles. The van der Waals surface area contributed by atoms with Crippen molar-refractivity contribution >= 4 is 27.7 Å². The zero-order valence-electron chi connectivity index (χ0n) is 12.8. The van der Waals surface area contributed by atoms with E-state index in [9.17, 15) is 4.39 Å². The number of rotatable bonds is 6. The summed E-state index contributed by atoms with van der Waals surface area (Å²) in [7, 11) is 0. The second-order valence-corrected chi connectivity index (χ2v) is 6.85. The van der Waals surface area contributed by atoms with E-state index in [2.05, 4.69) is 26.1 Å². The highest BCUT2D eigenvalue weighted by atomic mass is 79.9. The largest absolute Gasteiger partial charge is 0.478 e. The molecule has 0 saturated heterocycles. The van der Waals surface area contributed by atoms with Gasteiger partial charge in [0.15, 0.2) is 17.7 Å².